The maximum absolute atomic E-state index is 12.9. The van der Waals surface area contributed by atoms with Gasteiger partial charge in [-0.25, -0.2) is 0 Å². The van der Waals surface area contributed by atoms with Gasteiger partial charge in [0.05, 0.1) is 24.7 Å². The van der Waals surface area contributed by atoms with Gasteiger partial charge in [-0.15, -0.1) is 0 Å². The van der Waals surface area contributed by atoms with Gasteiger partial charge in [0.25, 0.3) is 0 Å². The van der Waals surface area contributed by atoms with Gasteiger partial charge < -0.3 is 9.80 Å². The zero-order valence-electron chi connectivity index (χ0n) is 13.6. The van der Waals surface area contributed by atoms with E-state index in [2.05, 4.69) is 5.10 Å². The van der Waals surface area contributed by atoms with Gasteiger partial charge in [0.1, 0.15) is 0 Å². The van der Waals surface area contributed by atoms with Crippen LogP contribution < -0.4 is 0 Å². The number of aryl methyl sites for hydroxylation is 1. The summed E-state index contributed by atoms with van der Waals surface area (Å²) < 4.78 is 1.93. The van der Waals surface area contributed by atoms with Crippen molar-refractivity contribution in [3.63, 3.8) is 0 Å². The molecule has 0 spiro atoms. The molecule has 4 rings (SSSR count). The Kier molecular flexibility index (Phi) is 3.62. The van der Waals surface area contributed by atoms with Crippen molar-refractivity contribution in [1.29, 1.82) is 0 Å². The standard InChI is InChI=1S/C17H24N4O2/c1-12-8-18-19(9-12)11-15-3-2-6-20(15)17(23)13-7-16(22)21(10-13)14-4-5-14/h8-9,13-15H,2-7,10-11H2,1H3/t13-,15-/m1/s1. The first-order valence-electron chi connectivity index (χ1n) is 8.71. The maximum Gasteiger partial charge on any atom is 0.228 e. The second kappa shape index (κ2) is 5.65. The first-order valence-corrected chi connectivity index (χ1v) is 8.71. The topological polar surface area (TPSA) is 58.4 Å². The maximum atomic E-state index is 12.9. The first kappa shape index (κ1) is 14.7. The van der Waals surface area contributed by atoms with Crippen LogP contribution in [0.1, 0.15) is 37.7 Å². The summed E-state index contributed by atoms with van der Waals surface area (Å²) >= 11 is 0. The molecule has 2 amide bonds. The van der Waals surface area contributed by atoms with Crippen LogP contribution >= 0.6 is 0 Å². The molecule has 6 heteroatoms. The van der Waals surface area contributed by atoms with Gasteiger partial charge in [-0.1, -0.05) is 0 Å². The number of likely N-dealkylation sites (tertiary alicyclic amines) is 2. The van der Waals surface area contributed by atoms with Gasteiger partial charge in [-0.2, -0.15) is 5.10 Å². The van der Waals surface area contributed by atoms with Crippen LogP contribution in [0.25, 0.3) is 0 Å². The van der Waals surface area contributed by atoms with E-state index >= 15 is 0 Å². The lowest BCUT2D eigenvalue weighted by Crippen LogP contribution is -2.42. The minimum absolute atomic E-state index is 0.136. The SMILES string of the molecule is Cc1cnn(C[C@H]2CCCN2C(=O)[C@@H]2CC(=O)N(C3CC3)C2)c1. The minimum atomic E-state index is -0.136. The summed E-state index contributed by atoms with van der Waals surface area (Å²) in [6.45, 7) is 4.23. The van der Waals surface area contributed by atoms with Crippen molar-refractivity contribution in [3.8, 4) is 0 Å². The fourth-order valence-electron chi connectivity index (χ4n) is 3.97. The molecule has 0 unspecified atom stereocenters. The zero-order chi connectivity index (χ0) is 16.0. The fourth-order valence-corrected chi connectivity index (χ4v) is 3.97. The molecule has 2 atom stereocenters. The summed E-state index contributed by atoms with van der Waals surface area (Å²) in [5, 5.41) is 4.34. The second-order valence-electron chi connectivity index (χ2n) is 7.25. The lowest BCUT2D eigenvalue weighted by atomic mass is 10.1. The van der Waals surface area contributed by atoms with E-state index in [4.69, 9.17) is 0 Å². The van der Waals surface area contributed by atoms with Crippen molar-refractivity contribution < 1.29 is 9.59 Å². The number of hydrogen-bond donors (Lipinski definition) is 0. The summed E-state index contributed by atoms with van der Waals surface area (Å²) in [5.41, 5.74) is 1.14. The number of hydrogen-bond acceptors (Lipinski definition) is 3. The minimum Gasteiger partial charge on any atom is -0.339 e. The van der Waals surface area contributed by atoms with E-state index in [0.717, 1.165) is 44.3 Å². The molecule has 2 saturated heterocycles. The third-order valence-corrected chi connectivity index (χ3v) is 5.32. The highest BCUT2D eigenvalue weighted by Crippen LogP contribution is 2.34. The van der Waals surface area contributed by atoms with Crippen molar-refractivity contribution in [1.82, 2.24) is 19.6 Å². The average molecular weight is 316 g/mol. The molecule has 0 radical (unpaired) electrons. The monoisotopic (exact) mass is 316 g/mol. The molecule has 0 bridgehead atoms. The van der Waals surface area contributed by atoms with E-state index in [1.165, 1.54) is 0 Å². The van der Waals surface area contributed by atoms with Gasteiger partial charge in [0.15, 0.2) is 0 Å². The Balaban J connectivity index is 1.41. The number of aromatic nitrogens is 2. The number of nitrogens with zero attached hydrogens (tertiary/aromatic N) is 4. The Morgan fingerprint density at radius 1 is 1.35 bits per heavy atom. The van der Waals surface area contributed by atoms with E-state index in [0.29, 0.717) is 19.0 Å². The Bertz CT molecular complexity index is 622. The van der Waals surface area contributed by atoms with Crippen molar-refractivity contribution in [2.45, 2.75) is 57.7 Å². The summed E-state index contributed by atoms with van der Waals surface area (Å²) in [7, 11) is 0. The van der Waals surface area contributed by atoms with E-state index in [9.17, 15) is 9.59 Å². The summed E-state index contributed by atoms with van der Waals surface area (Å²) in [6, 6.07) is 0.633. The molecule has 3 aliphatic rings. The molecule has 6 nitrogen and oxygen atoms in total. The number of rotatable bonds is 4. The van der Waals surface area contributed by atoms with Crippen LogP contribution in [-0.2, 0) is 16.1 Å². The molecule has 0 aromatic carbocycles. The summed E-state index contributed by atoms with van der Waals surface area (Å²) in [4.78, 5) is 28.9. The van der Waals surface area contributed by atoms with Crippen LogP contribution in [0.4, 0.5) is 0 Å². The molecule has 0 N–H and O–H groups in total. The smallest absolute Gasteiger partial charge is 0.228 e. The van der Waals surface area contributed by atoms with Gasteiger partial charge in [0.2, 0.25) is 11.8 Å². The first-order chi connectivity index (χ1) is 11.1. The van der Waals surface area contributed by atoms with E-state index in [1.807, 2.05) is 33.8 Å². The molecule has 23 heavy (non-hydrogen) atoms. The quantitative estimate of drug-likeness (QED) is 0.838. The predicted octanol–water partition coefficient (Wildman–Crippen LogP) is 1.19. The largest absolute Gasteiger partial charge is 0.339 e. The Morgan fingerprint density at radius 3 is 2.87 bits per heavy atom. The Morgan fingerprint density at radius 2 is 2.17 bits per heavy atom. The van der Waals surface area contributed by atoms with Crippen molar-refractivity contribution in [2.75, 3.05) is 13.1 Å². The molecule has 124 valence electrons. The van der Waals surface area contributed by atoms with Gasteiger partial charge in [-0.05, 0) is 38.2 Å². The molecule has 1 aliphatic carbocycles. The van der Waals surface area contributed by atoms with Crippen LogP contribution in [0, 0.1) is 12.8 Å². The molecule has 1 saturated carbocycles. The number of carbonyl (C=O) groups excluding carboxylic acids is 2. The second-order valence-corrected chi connectivity index (χ2v) is 7.25. The van der Waals surface area contributed by atoms with E-state index in [1.54, 1.807) is 0 Å². The number of carbonyl (C=O) groups is 2. The molecule has 1 aromatic rings. The van der Waals surface area contributed by atoms with Gasteiger partial charge >= 0.3 is 0 Å². The van der Waals surface area contributed by atoms with E-state index in [-0.39, 0.29) is 23.8 Å². The lowest BCUT2D eigenvalue weighted by molar-refractivity contribution is -0.136. The van der Waals surface area contributed by atoms with Crippen LogP contribution in [0.2, 0.25) is 0 Å². The molecule has 3 fully saturated rings. The van der Waals surface area contributed by atoms with Crippen molar-refractivity contribution in [2.24, 2.45) is 5.92 Å². The lowest BCUT2D eigenvalue weighted by Gasteiger charge is -2.27. The van der Waals surface area contributed by atoms with Gasteiger partial charge in [0, 0.05) is 31.7 Å². The van der Waals surface area contributed by atoms with Crippen molar-refractivity contribution >= 4 is 11.8 Å². The van der Waals surface area contributed by atoms with Crippen LogP contribution in [0.3, 0.4) is 0 Å². The highest BCUT2D eigenvalue weighted by molar-refractivity contribution is 5.89. The Hall–Kier alpha value is -1.85. The van der Waals surface area contributed by atoms with E-state index < -0.39 is 0 Å². The highest BCUT2D eigenvalue weighted by atomic mass is 16.2. The highest BCUT2D eigenvalue weighted by Gasteiger charge is 2.44. The normalized spacial score (nSPS) is 28.0. The third kappa shape index (κ3) is 2.86. The average Bonchev–Trinajstić information content (AvgIpc) is 2.92. The van der Waals surface area contributed by atoms with Crippen LogP contribution in [0.15, 0.2) is 12.4 Å². The number of amides is 2. The summed E-state index contributed by atoms with van der Waals surface area (Å²) in [6.07, 6.45) is 8.56. The third-order valence-electron chi connectivity index (χ3n) is 5.32. The molecular formula is C17H24N4O2. The molecular weight excluding hydrogens is 292 g/mol. The molecule has 1 aromatic heterocycles. The van der Waals surface area contributed by atoms with Crippen LogP contribution in [-0.4, -0.2) is 56.6 Å². The van der Waals surface area contributed by atoms with Gasteiger partial charge in [-0.3, -0.25) is 14.3 Å². The fraction of sp³-hybridized carbons (Fsp3) is 0.706. The van der Waals surface area contributed by atoms with Crippen molar-refractivity contribution in [3.05, 3.63) is 18.0 Å². The molecule has 3 heterocycles. The molecule has 2 aliphatic heterocycles. The van der Waals surface area contributed by atoms with Crippen LogP contribution in [0.5, 0.6) is 0 Å². The predicted molar refractivity (Wildman–Crippen MR) is 84.5 cm³/mol. The zero-order valence-corrected chi connectivity index (χ0v) is 13.6. The summed E-state index contributed by atoms with van der Waals surface area (Å²) in [5.74, 6) is 0.209. The Labute approximate surface area is 136 Å².